The molecule has 1 aromatic carbocycles. The highest BCUT2D eigenvalue weighted by atomic mass is 19.1. The number of benzene rings is 1. The van der Waals surface area contributed by atoms with E-state index in [1.807, 2.05) is 32.6 Å². The number of nitrogens with zero attached hydrogens (tertiary/aromatic N) is 6. The van der Waals surface area contributed by atoms with Crippen molar-refractivity contribution in [2.75, 3.05) is 21.2 Å². The van der Waals surface area contributed by atoms with E-state index >= 15 is 0 Å². The molecule has 2 N–H and O–H groups in total. The predicted octanol–water partition coefficient (Wildman–Crippen LogP) is 4.83. The molecule has 0 saturated carbocycles. The number of rotatable bonds is 6. The van der Waals surface area contributed by atoms with E-state index in [-0.39, 0.29) is 0 Å². The molecule has 0 aliphatic heterocycles. The van der Waals surface area contributed by atoms with Gasteiger partial charge in [-0.1, -0.05) is 0 Å². The first-order valence-electron chi connectivity index (χ1n) is 11.6. The summed E-state index contributed by atoms with van der Waals surface area (Å²) in [6.07, 6.45) is 7.15. The Hall–Kier alpha value is -4.70. The summed E-state index contributed by atoms with van der Waals surface area (Å²) >= 11 is 0. The van der Waals surface area contributed by atoms with Gasteiger partial charge < -0.3 is 14.6 Å². The van der Waals surface area contributed by atoms with Crippen molar-refractivity contribution in [1.29, 1.82) is 0 Å². The lowest BCUT2D eigenvalue weighted by molar-refractivity contribution is 0.402. The quantitative estimate of drug-likeness (QED) is 0.341. The van der Waals surface area contributed by atoms with Crippen LogP contribution < -0.4 is 4.74 Å². The fourth-order valence-electron chi connectivity index (χ4n) is 4.43. The predicted molar refractivity (Wildman–Crippen MR) is 139 cm³/mol. The summed E-state index contributed by atoms with van der Waals surface area (Å²) in [5.41, 5.74) is 6.79. The summed E-state index contributed by atoms with van der Waals surface area (Å²) in [6, 6.07) is 10.5. The lowest BCUT2D eigenvalue weighted by Gasteiger charge is -2.10. The van der Waals surface area contributed by atoms with E-state index in [9.17, 15) is 4.39 Å². The van der Waals surface area contributed by atoms with Crippen molar-refractivity contribution in [3.05, 3.63) is 72.6 Å². The molecule has 5 heterocycles. The Morgan fingerprint density at radius 2 is 1.81 bits per heavy atom. The van der Waals surface area contributed by atoms with E-state index in [0.717, 1.165) is 34.2 Å². The van der Waals surface area contributed by atoms with E-state index in [0.29, 0.717) is 39.6 Å². The van der Waals surface area contributed by atoms with E-state index in [1.54, 1.807) is 24.5 Å². The average Bonchev–Trinajstić information content (AvgIpc) is 3.51. The number of methoxy groups -OCH3 is 1. The molecule has 9 nitrogen and oxygen atoms in total. The van der Waals surface area contributed by atoms with E-state index < -0.39 is 5.82 Å². The average molecular weight is 495 g/mol. The monoisotopic (exact) mass is 494 g/mol. The highest BCUT2D eigenvalue weighted by Gasteiger charge is 2.18. The molecule has 0 amide bonds. The third-order valence-electron chi connectivity index (χ3n) is 6.07. The van der Waals surface area contributed by atoms with Crippen LogP contribution in [0.2, 0.25) is 0 Å². The van der Waals surface area contributed by atoms with Crippen molar-refractivity contribution < 1.29 is 9.13 Å². The topological polar surface area (TPSA) is 108 Å². The fourth-order valence-corrected chi connectivity index (χ4v) is 4.43. The lowest BCUT2D eigenvalue weighted by atomic mass is 10.1. The van der Waals surface area contributed by atoms with Gasteiger partial charge in [0.2, 0.25) is 0 Å². The summed E-state index contributed by atoms with van der Waals surface area (Å²) in [4.78, 5) is 23.6. The fraction of sp³-hybridized carbons (Fsp3) is 0.148. The number of aromatic amines is 2. The lowest BCUT2D eigenvalue weighted by Crippen LogP contribution is -2.10. The number of fused-ring (bicyclic) bond motifs is 2. The summed E-state index contributed by atoms with van der Waals surface area (Å²) in [5.74, 6) is 0.566. The van der Waals surface area contributed by atoms with Gasteiger partial charge in [-0.25, -0.2) is 19.3 Å². The SMILES string of the molecule is COc1cc(F)cc(-c2ccnc3[nH]c(-c4n[nH]c5ncc(-c6cncc(CN(C)C)c6)cc45)nc23)c1. The summed E-state index contributed by atoms with van der Waals surface area (Å²) in [5, 5.41) is 8.28. The molecule has 0 atom stereocenters. The molecule has 6 aromatic rings. The van der Waals surface area contributed by atoms with Gasteiger partial charge in [-0.15, -0.1) is 0 Å². The normalized spacial score (nSPS) is 11.6. The van der Waals surface area contributed by atoms with Crippen LogP contribution in [0.4, 0.5) is 4.39 Å². The molecule has 5 aromatic heterocycles. The van der Waals surface area contributed by atoms with Crippen LogP contribution in [0, 0.1) is 5.82 Å². The molecule has 0 fully saturated rings. The summed E-state index contributed by atoms with van der Waals surface area (Å²) < 4.78 is 19.5. The number of hydrogen-bond donors (Lipinski definition) is 2. The van der Waals surface area contributed by atoms with Gasteiger partial charge in [0, 0.05) is 54.1 Å². The second-order valence-corrected chi connectivity index (χ2v) is 9.03. The molecule has 0 spiro atoms. The number of imidazole rings is 1. The second kappa shape index (κ2) is 9.07. The molecule has 0 aliphatic carbocycles. The van der Waals surface area contributed by atoms with Gasteiger partial charge in [-0.2, -0.15) is 5.10 Å². The highest BCUT2D eigenvalue weighted by Crippen LogP contribution is 2.33. The molecule has 37 heavy (non-hydrogen) atoms. The molecule has 0 saturated heterocycles. The van der Waals surface area contributed by atoms with E-state index in [1.165, 1.54) is 19.2 Å². The maximum absolute atomic E-state index is 14.2. The number of H-pyrrole nitrogens is 2. The molecular weight excluding hydrogens is 471 g/mol. The van der Waals surface area contributed by atoms with Crippen LogP contribution in [0.3, 0.4) is 0 Å². The highest BCUT2D eigenvalue weighted by molar-refractivity contribution is 5.96. The Morgan fingerprint density at radius 3 is 2.65 bits per heavy atom. The Labute approximate surface area is 211 Å². The molecule has 0 aliphatic rings. The number of ether oxygens (including phenoxy) is 1. The van der Waals surface area contributed by atoms with Gasteiger partial charge in [0.15, 0.2) is 17.1 Å². The minimum absolute atomic E-state index is 0.392. The van der Waals surface area contributed by atoms with Gasteiger partial charge in [0.05, 0.1) is 12.5 Å². The zero-order valence-corrected chi connectivity index (χ0v) is 20.5. The Kier molecular flexibility index (Phi) is 5.57. The third-order valence-corrected chi connectivity index (χ3v) is 6.07. The maximum atomic E-state index is 14.2. The zero-order valence-electron chi connectivity index (χ0n) is 20.5. The van der Waals surface area contributed by atoms with Crippen LogP contribution in [0.15, 0.2) is 61.2 Å². The molecule has 0 unspecified atom stereocenters. The van der Waals surface area contributed by atoms with Crippen molar-refractivity contribution in [1.82, 2.24) is 40.0 Å². The molecule has 184 valence electrons. The minimum Gasteiger partial charge on any atom is -0.497 e. The van der Waals surface area contributed by atoms with Crippen molar-refractivity contribution in [2.24, 2.45) is 0 Å². The van der Waals surface area contributed by atoms with Crippen molar-refractivity contribution in [2.45, 2.75) is 6.54 Å². The van der Waals surface area contributed by atoms with Crippen LogP contribution in [0.1, 0.15) is 5.56 Å². The van der Waals surface area contributed by atoms with E-state index in [4.69, 9.17) is 9.72 Å². The number of hydrogen-bond acceptors (Lipinski definition) is 7. The van der Waals surface area contributed by atoms with Crippen molar-refractivity contribution in [3.8, 4) is 39.5 Å². The first kappa shape index (κ1) is 22.7. The van der Waals surface area contributed by atoms with Gasteiger partial charge in [-0.05, 0) is 55.6 Å². The summed E-state index contributed by atoms with van der Waals surface area (Å²) in [7, 11) is 5.56. The van der Waals surface area contributed by atoms with Crippen LogP contribution in [0.5, 0.6) is 5.75 Å². The Morgan fingerprint density at radius 1 is 0.946 bits per heavy atom. The first-order chi connectivity index (χ1) is 18.0. The van der Waals surface area contributed by atoms with Gasteiger partial charge in [-0.3, -0.25) is 10.1 Å². The standard InChI is InChI=1S/C27H23FN8O/c1-36(2)14-15-6-17(12-29-11-15)18-9-22-24(34-35-25(22)31-13-18)27-32-23-21(4-5-30-26(23)33-27)16-7-19(28)10-20(8-16)37-3/h4-13H,14H2,1-3H3,(H,30,32,33)(H,31,34,35). The van der Waals surface area contributed by atoms with Crippen molar-refractivity contribution >= 4 is 22.2 Å². The number of aromatic nitrogens is 7. The van der Waals surface area contributed by atoms with Gasteiger partial charge >= 0.3 is 0 Å². The largest absolute Gasteiger partial charge is 0.497 e. The molecule has 6 rings (SSSR count). The molecule has 0 bridgehead atoms. The summed E-state index contributed by atoms with van der Waals surface area (Å²) in [6.45, 7) is 0.791. The second-order valence-electron chi connectivity index (χ2n) is 9.03. The number of nitrogens with one attached hydrogen (secondary N) is 2. The van der Waals surface area contributed by atoms with Crippen LogP contribution in [0.25, 0.3) is 56.0 Å². The smallest absolute Gasteiger partial charge is 0.161 e. The minimum atomic E-state index is -0.392. The van der Waals surface area contributed by atoms with Gasteiger partial charge in [0.1, 0.15) is 22.8 Å². The Balaban J connectivity index is 1.45. The third kappa shape index (κ3) is 4.27. The molecule has 10 heteroatoms. The van der Waals surface area contributed by atoms with Crippen molar-refractivity contribution in [3.63, 3.8) is 0 Å². The maximum Gasteiger partial charge on any atom is 0.161 e. The number of pyridine rings is 3. The van der Waals surface area contributed by atoms with Crippen LogP contribution in [-0.4, -0.2) is 61.2 Å². The first-order valence-corrected chi connectivity index (χ1v) is 11.6. The van der Waals surface area contributed by atoms with Crippen LogP contribution in [-0.2, 0) is 6.54 Å². The van der Waals surface area contributed by atoms with Gasteiger partial charge in [0.25, 0.3) is 0 Å². The van der Waals surface area contributed by atoms with E-state index in [2.05, 4.69) is 41.1 Å². The molecule has 0 radical (unpaired) electrons. The molecular formula is C27H23FN8O. The zero-order chi connectivity index (χ0) is 25.5. The Bertz CT molecular complexity index is 1760. The van der Waals surface area contributed by atoms with Crippen LogP contribution >= 0.6 is 0 Å². The number of halogens is 1.